The van der Waals surface area contributed by atoms with Crippen LogP contribution in [0.5, 0.6) is 0 Å². The minimum absolute atomic E-state index is 0. The fourth-order valence-corrected chi connectivity index (χ4v) is 10.1. The fraction of sp³-hybridized carbons (Fsp3) is 0.297. The quantitative estimate of drug-likeness (QED) is 0.136. The van der Waals surface area contributed by atoms with Gasteiger partial charge < -0.3 is 0 Å². The van der Waals surface area contributed by atoms with Gasteiger partial charge in [0.05, 0.1) is 32.7 Å². The lowest BCUT2D eigenvalue weighted by Crippen LogP contribution is -2.27. The first kappa shape index (κ1) is 52.1. The molecule has 0 bridgehead atoms. The molecule has 3 aromatic carbocycles. The molecule has 0 saturated heterocycles. The summed E-state index contributed by atoms with van der Waals surface area (Å²) in [5, 5.41) is 2.00. The molecule has 0 aliphatic carbocycles. The number of nitrogens with zero attached hydrogens (tertiary/aromatic N) is 9. The standard InChI is InChI=1S/3C21H19N3O.CH4/c3*1-15-6-2-3-8-20-23-19-14-16(9-11-17-7-4-5-13-22-17)10-12-18(19)21(25)24(15)20;/h3*4-5,7,10,12-15H,2-3,6,8H2,1H3;1H4. The molecule has 380 valence electrons. The van der Waals surface area contributed by atoms with E-state index >= 15 is 0 Å². The Morgan fingerprint density at radius 2 is 0.697 bits per heavy atom. The third kappa shape index (κ3) is 11.9. The van der Waals surface area contributed by atoms with E-state index in [4.69, 9.17) is 15.0 Å². The van der Waals surface area contributed by atoms with Crippen LogP contribution in [-0.4, -0.2) is 43.6 Å². The Balaban J connectivity index is 0.000000138. The van der Waals surface area contributed by atoms with Crippen LogP contribution in [0.15, 0.2) is 142 Å². The Hall–Kier alpha value is -8.79. The van der Waals surface area contributed by atoms with Crippen LogP contribution >= 0.6 is 0 Å². The number of pyridine rings is 3. The van der Waals surface area contributed by atoms with E-state index in [-0.39, 0.29) is 42.2 Å². The molecular weight excluding hydrogens is 943 g/mol. The van der Waals surface area contributed by atoms with Crippen LogP contribution in [-0.2, 0) is 19.3 Å². The van der Waals surface area contributed by atoms with Crippen LogP contribution in [0, 0.1) is 35.5 Å². The Kier molecular flexibility index (Phi) is 16.5. The molecule has 0 amide bonds. The highest BCUT2D eigenvalue weighted by atomic mass is 16.1. The van der Waals surface area contributed by atoms with Gasteiger partial charge in [0.2, 0.25) is 0 Å². The van der Waals surface area contributed by atoms with E-state index in [1.54, 1.807) is 18.6 Å². The van der Waals surface area contributed by atoms with Gasteiger partial charge in [0.15, 0.2) is 0 Å². The largest absolute Gasteiger partial charge is 0.293 e. The molecule has 9 aromatic rings. The number of fused-ring (bicyclic) bond motifs is 6. The maximum atomic E-state index is 12.9. The van der Waals surface area contributed by atoms with Gasteiger partial charge in [0, 0.05) is 72.7 Å². The normalized spacial score (nSPS) is 16.4. The van der Waals surface area contributed by atoms with E-state index < -0.39 is 0 Å². The van der Waals surface area contributed by atoms with Crippen LogP contribution in [0.3, 0.4) is 0 Å². The third-order valence-electron chi connectivity index (χ3n) is 14.1. The van der Waals surface area contributed by atoms with Crippen molar-refractivity contribution < 1.29 is 0 Å². The average molecular weight is 1000 g/mol. The van der Waals surface area contributed by atoms with Crippen molar-refractivity contribution >= 4 is 32.7 Å². The smallest absolute Gasteiger partial charge is 0.261 e. The van der Waals surface area contributed by atoms with E-state index in [0.29, 0.717) is 16.2 Å². The molecule has 0 saturated carbocycles. The Morgan fingerprint density at radius 3 is 0.974 bits per heavy atom. The number of hydrogen-bond acceptors (Lipinski definition) is 9. The van der Waals surface area contributed by atoms with E-state index in [9.17, 15) is 14.4 Å². The molecule has 9 heterocycles. The molecule has 3 atom stereocenters. The summed E-state index contributed by atoms with van der Waals surface area (Å²) in [6.07, 6.45) is 17.5. The van der Waals surface area contributed by atoms with Gasteiger partial charge in [0.25, 0.3) is 16.7 Å². The van der Waals surface area contributed by atoms with Crippen molar-refractivity contribution in [3.05, 3.63) is 210 Å². The topological polar surface area (TPSA) is 143 Å². The van der Waals surface area contributed by atoms with Crippen molar-refractivity contribution in [1.29, 1.82) is 0 Å². The van der Waals surface area contributed by atoms with Crippen LogP contribution < -0.4 is 16.7 Å². The van der Waals surface area contributed by atoms with Gasteiger partial charge >= 0.3 is 0 Å². The SMILES string of the molecule is C.CC1CCCCc2nc3cc(C#Cc4ccccn4)ccc3c(=O)n21.CC1CCCCc2nc3cc(C#Cc4ccccn4)ccc3c(=O)n21.CC1CCCCc2nc3cc(C#Cc4ccccn4)ccc3c(=O)n21. The van der Waals surface area contributed by atoms with Gasteiger partial charge in [-0.15, -0.1) is 0 Å². The number of aromatic nitrogens is 9. The second-order valence-electron chi connectivity index (χ2n) is 19.5. The summed E-state index contributed by atoms with van der Waals surface area (Å²) in [4.78, 5) is 65.7. The molecule has 3 unspecified atom stereocenters. The van der Waals surface area contributed by atoms with Crippen LogP contribution in [0.2, 0.25) is 0 Å². The summed E-state index contributed by atoms with van der Waals surface area (Å²) < 4.78 is 5.65. The predicted molar refractivity (Wildman–Crippen MR) is 302 cm³/mol. The molecule has 12 nitrogen and oxygen atoms in total. The Labute approximate surface area is 443 Å². The first-order chi connectivity index (χ1) is 36.7. The second-order valence-corrected chi connectivity index (χ2v) is 19.5. The molecule has 0 N–H and O–H groups in total. The van der Waals surface area contributed by atoms with Crippen LogP contribution in [0.1, 0.15) is 155 Å². The highest BCUT2D eigenvalue weighted by Gasteiger charge is 2.21. The fourth-order valence-electron chi connectivity index (χ4n) is 10.1. The van der Waals surface area contributed by atoms with Gasteiger partial charge in [-0.1, -0.05) is 62.6 Å². The van der Waals surface area contributed by atoms with Gasteiger partial charge in [0.1, 0.15) is 34.6 Å². The Bertz CT molecular complexity index is 3540. The van der Waals surface area contributed by atoms with Gasteiger partial charge in [-0.05, 0) is 168 Å². The maximum absolute atomic E-state index is 12.9. The lowest BCUT2D eigenvalue weighted by atomic mass is 10.1. The number of hydrogen-bond donors (Lipinski definition) is 0. The number of benzene rings is 3. The van der Waals surface area contributed by atoms with Gasteiger partial charge in [-0.2, -0.15) is 0 Å². The molecule has 0 spiro atoms. The molecule has 0 fully saturated rings. The van der Waals surface area contributed by atoms with E-state index in [1.165, 1.54) is 0 Å². The first-order valence-electron chi connectivity index (χ1n) is 26.1. The molecule has 12 heteroatoms. The molecular formula is C64H61N9O3. The third-order valence-corrected chi connectivity index (χ3v) is 14.1. The highest BCUT2D eigenvalue weighted by Crippen LogP contribution is 2.26. The highest BCUT2D eigenvalue weighted by molar-refractivity contribution is 5.81. The van der Waals surface area contributed by atoms with Crippen molar-refractivity contribution in [2.45, 2.75) is 123 Å². The lowest BCUT2D eigenvalue weighted by Gasteiger charge is -2.16. The lowest BCUT2D eigenvalue weighted by molar-refractivity contribution is 0.487. The minimum atomic E-state index is 0. The predicted octanol–water partition coefficient (Wildman–Crippen LogP) is 11.1. The van der Waals surface area contributed by atoms with Crippen LogP contribution in [0.4, 0.5) is 0 Å². The molecule has 0 radical (unpaired) electrons. The summed E-state index contributed by atoms with van der Waals surface area (Å²) in [5.74, 6) is 21.2. The second kappa shape index (κ2) is 24.0. The number of aryl methyl sites for hydroxylation is 3. The van der Waals surface area contributed by atoms with Crippen LogP contribution in [0.25, 0.3) is 32.7 Å². The van der Waals surface area contributed by atoms with E-state index in [0.717, 1.165) is 145 Å². The van der Waals surface area contributed by atoms with Crippen molar-refractivity contribution in [3.63, 3.8) is 0 Å². The number of rotatable bonds is 0. The van der Waals surface area contributed by atoms with Crippen molar-refractivity contribution in [2.75, 3.05) is 0 Å². The Morgan fingerprint density at radius 1 is 0.395 bits per heavy atom. The molecule has 3 aliphatic heterocycles. The summed E-state index contributed by atoms with van der Waals surface area (Å²) in [7, 11) is 0. The van der Waals surface area contributed by atoms with E-state index in [1.807, 2.05) is 123 Å². The van der Waals surface area contributed by atoms with Crippen molar-refractivity contribution in [1.82, 2.24) is 43.6 Å². The summed E-state index contributed by atoms with van der Waals surface area (Å²) in [6, 6.07) is 34.5. The van der Waals surface area contributed by atoms with Crippen molar-refractivity contribution in [2.24, 2.45) is 0 Å². The summed E-state index contributed by atoms with van der Waals surface area (Å²) in [6.45, 7) is 6.32. The zero-order chi connectivity index (χ0) is 51.7. The van der Waals surface area contributed by atoms with Gasteiger partial charge in [-0.3, -0.25) is 28.1 Å². The first-order valence-corrected chi connectivity index (χ1v) is 26.1. The minimum Gasteiger partial charge on any atom is -0.293 e. The maximum Gasteiger partial charge on any atom is 0.261 e. The summed E-state index contributed by atoms with van der Waals surface area (Å²) >= 11 is 0. The van der Waals surface area contributed by atoms with E-state index in [2.05, 4.69) is 71.2 Å². The van der Waals surface area contributed by atoms with Gasteiger partial charge in [-0.25, -0.2) is 29.9 Å². The molecule has 6 aromatic heterocycles. The van der Waals surface area contributed by atoms with Crippen molar-refractivity contribution in [3.8, 4) is 35.5 Å². The molecule has 76 heavy (non-hydrogen) atoms. The zero-order valence-corrected chi connectivity index (χ0v) is 42.6. The zero-order valence-electron chi connectivity index (χ0n) is 42.6. The average Bonchev–Trinajstić information content (AvgIpc) is 3.84. The molecule has 12 rings (SSSR count). The molecule has 3 aliphatic rings. The summed E-state index contributed by atoms with van der Waals surface area (Å²) in [5.41, 5.74) is 7.12. The monoisotopic (exact) mass is 1000 g/mol.